The van der Waals surface area contributed by atoms with Crippen LogP contribution in [-0.4, -0.2) is 52.9 Å². The number of hydrogen-bond acceptors (Lipinski definition) is 5. The molecular formula is C21H27IN6O2. The van der Waals surface area contributed by atoms with E-state index in [1.807, 2.05) is 53.1 Å². The summed E-state index contributed by atoms with van der Waals surface area (Å²) in [7, 11) is 0. The van der Waals surface area contributed by atoms with Crippen molar-refractivity contribution < 1.29 is 9.47 Å². The van der Waals surface area contributed by atoms with Crippen LogP contribution in [0, 0.1) is 0 Å². The van der Waals surface area contributed by atoms with Gasteiger partial charge in [0.25, 0.3) is 0 Å². The maximum atomic E-state index is 5.97. The normalized spacial score (nSPS) is 15.5. The quantitative estimate of drug-likeness (QED) is 0.215. The minimum atomic E-state index is -0.0947. The molecule has 0 fully saturated rings. The first-order valence-corrected chi connectivity index (χ1v) is 10.0. The lowest BCUT2D eigenvalue weighted by Crippen LogP contribution is -2.40. The van der Waals surface area contributed by atoms with Crippen LogP contribution in [0.15, 0.2) is 53.7 Å². The highest BCUT2D eigenvalue weighted by Crippen LogP contribution is 2.30. The Morgan fingerprint density at radius 1 is 1.13 bits per heavy atom. The first kappa shape index (κ1) is 22.1. The lowest BCUT2D eigenvalue weighted by molar-refractivity contribution is 0.0971. The van der Waals surface area contributed by atoms with E-state index >= 15 is 0 Å². The number of hydrogen-bond donors (Lipinski definition) is 2. The van der Waals surface area contributed by atoms with Crippen LogP contribution in [-0.2, 0) is 6.42 Å². The number of pyridine rings is 1. The fourth-order valence-electron chi connectivity index (χ4n) is 3.20. The van der Waals surface area contributed by atoms with Gasteiger partial charge in [0.1, 0.15) is 12.4 Å². The maximum absolute atomic E-state index is 5.97. The lowest BCUT2D eigenvalue weighted by Gasteiger charge is -2.25. The second kappa shape index (κ2) is 11.0. The van der Waals surface area contributed by atoms with E-state index in [0.717, 1.165) is 54.9 Å². The van der Waals surface area contributed by atoms with E-state index in [1.54, 1.807) is 0 Å². The van der Waals surface area contributed by atoms with Crippen molar-refractivity contribution in [2.75, 3.05) is 26.2 Å². The molecule has 0 saturated carbocycles. The summed E-state index contributed by atoms with van der Waals surface area (Å²) < 4.78 is 13.7. The Kier molecular flexibility index (Phi) is 8.12. The average Bonchev–Trinajstić information content (AvgIpc) is 3.18. The number of nitrogens with one attached hydrogen (secondary N) is 2. The van der Waals surface area contributed by atoms with Crippen LogP contribution in [0.3, 0.4) is 0 Å². The van der Waals surface area contributed by atoms with Gasteiger partial charge in [0, 0.05) is 25.7 Å². The van der Waals surface area contributed by atoms with Crippen molar-refractivity contribution in [1.29, 1.82) is 0 Å². The van der Waals surface area contributed by atoms with Gasteiger partial charge in [0.2, 0.25) is 0 Å². The number of guanidine groups is 1. The summed E-state index contributed by atoms with van der Waals surface area (Å²) >= 11 is 0. The van der Waals surface area contributed by atoms with Gasteiger partial charge in [0.05, 0.1) is 6.54 Å². The summed E-state index contributed by atoms with van der Waals surface area (Å²) in [6.45, 7) is 4.66. The zero-order valence-corrected chi connectivity index (χ0v) is 19.3. The molecule has 2 N–H and O–H groups in total. The number of aromatic nitrogens is 3. The summed E-state index contributed by atoms with van der Waals surface area (Å²) in [5, 5.41) is 15.1. The SMILES string of the molecule is CCNC(=NCC1COc2ccccc2O1)NCCCc1nnc2ccccn12.I. The van der Waals surface area contributed by atoms with Crippen molar-refractivity contribution in [2.45, 2.75) is 25.9 Å². The highest BCUT2D eigenvalue weighted by atomic mass is 127. The standard InChI is InChI=1S/C21H26N6O2.HI/c1-2-22-21(24-14-16-15-28-17-8-3-4-9-18(17)29-16)23-12-7-11-20-26-25-19-10-5-6-13-27(19)20;/h3-6,8-10,13,16H,2,7,11-12,14-15H2,1H3,(H2,22,23,24);1H. The molecule has 1 unspecified atom stereocenters. The molecule has 0 spiro atoms. The molecule has 3 heterocycles. The number of halogens is 1. The Morgan fingerprint density at radius 2 is 1.97 bits per heavy atom. The zero-order valence-electron chi connectivity index (χ0n) is 17.0. The molecule has 2 aromatic heterocycles. The van der Waals surface area contributed by atoms with Gasteiger partial charge in [-0.2, -0.15) is 0 Å². The van der Waals surface area contributed by atoms with Crippen molar-refractivity contribution >= 4 is 35.6 Å². The fourth-order valence-corrected chi connectivity index (χ4v) is 3.20. The smallest absolute Gasteiger partial charge is 0.191 e. The van der Waals surface area contributed by atoms with Gasteiger partial charge >= 0.3 is 0 Å². The number of aryl methyl sites for hydroxylation is 1. The number of aliphatic imine (C=N–C) groups is 1. The molecule has 1 aliphatic heterocycles. The average molecular weight is 522 g/mol. The molecule has 0 amide bonds. The highest BCUT2D eigenvalue weighted by molar-refractivity contribution is 14.0. The van der Waals surface area contributed by atoms with Crippen LogP contribution in [0.1, 0.15) is 19.2 Å². The van der Waals surface area contributed by atoms with Crippen molar-refractivity contribution in [1.82, 2.24) is 25.2 Å². The third-order valence-corrected chi connectivity index (χ3v) is 4.62. The van der Waals surface area contributed by atoms with E-state index in [0.29, 0.717) is 13.2 Å². The molecule has 1 atom stereocenters. The second-order valence-corrected chi connectivity index (χ2v) is 6.79. The van der Waals surface area contributed by atoms with Crippen molar-refractivity contribution in [3.8, 4) is 11.5 Å². The number of fused-ring (bicyclic) bond motifs is 2. The van der Waals surface area contributed by atoms with Crippen LogP contribution < -0.4 is 20.1 Å². The van der Waals surface area contributed by atoms with E-state index in [1.165, 1.54) is 0 Å². The van der Waals surface area contributed by atoms with Crippen LogP contribution in [0.2, 0.25) is 0 Å². The Balaban J connectivity index is 0.00000256. The van der Waals surface area contributed by atoms with Crippen LogP contribution in [0.5, 0.6) is 11.5 Å². The van der Waals surface area contributed by atoms with Crippen molar-refractivity contribution in [3.05, 3.63) is 54.5 Å². The van der Waals surface area contributed by atoms with Gasteiger partial charge < -0.3 is 20.1 Å². The highest BCUT2D eigenvalue weighted by Gasteiger charge is 2.20. The Bertz CT molecular complexity index is 977. The summed E-state index contributed by atoms with van der Waals surface area (Å²) in [5.41, 5.74) is 0.877. The van der Waals surface area contributed by atoms with E-state index < -0.39 is 0 Å². The molecular weight excluding hydrogens is 495 g/mol. The molecule has 8 nitrogen and oxygen atoms in total. The molecule has 9 heteroatoms. The summed E-state index contributed by atoms with van der Waals surface area (Å²) in [6, 6.07) is 13.6. The minimum absolute atomic E-state index is 0. The van der Waals surface area contributed by atoms with Gasteiger partial charge in [-0.05, 0) is 37.6 Å². The van der Waals surface area contributed by atoms with Gasteiger partial charge in [-0.3, -0.25) is 4.40 Å². The number of benzene rings is 1. The Morgan fingerprint density at radius 3 is 2.83 bits per heavy atom. The molecule has 0 saturated heterocycles. The predicted molar refractivity (Wildman–Crippen MR) is 127 cm³/mol. The molecule has 1 aliphatic rings. The third-order valence-electron chi connectivity index (χ3n) is 4.62. The monoisotopic (exact) mass is 522 g/mol. The fraction of sp³-hybridized carbons (Fsp3) is 0.381. The van der Waals surface area contributed by atoms with Gasteiger partial charge in [-0.1, -0.05) is 18.2 Å². The number of ether oxygens (including phenoxy) is 2. The van der Waals surface area contributed by atoms with Crippen LogP contribution in [0.25, 0.3) is 5.65 Å². The van der Waals surface area contributed by atoms with Crippen molar-refractivity contribution in [2.24, 2.45) is 4.99 Å². The first-order chi connectivity index (χ1) is 14.3. The molecule has 0 radical (unpaired) electrons. The summed E-state index contributed by atoms with van der Waals surface area (Å²) in [6.07, 6.45) is 3.67. The molecule has 0 bridgehead atoms. The molecule has 3 aromatic rings. The zero-order chi connectivity index (χ0) is 19.9. The Hall–Kier alpha value is -2.56. The van der Waals surface area contributed by atoms with Gasteiger partial charge in [-0.15, -0.1) is 34.2 Å². The molecule has 160 valence electrons. The van der Waals surface area contributed by atoms with Crippen molar-refractivity contribution in [3.63, 3.8) is 0 Å². The largest absolute Gasteiger partial charge is 0.486 e. The number of rotatable bonds is 7. The van der Waals surface area contributed by atoms with Gasteiger partial charge in [-0.25, -0.2) is 4.99 Å². The van der Waals surface area contributed by atoms with Gasteiger partial charge in [0.15, 0.2) is 29.2 Å². The topological polar surface area (TPSA) is 85.1 Å². The second-order valence-electron chi connectivity index (χ2n) is 6.79. The van der Waals surface area contributed by atoms with Crippen LogP contribution in [0.4, 0.5) is 0 Å². The predicted octanol–water partition coefficient (Wildman–Crippen LogP) is 2.68. The van der Waals surface area contributed by atoms with E-state index in [-0.39, 0.29) is 30.1 Å². The maximum Gasteiger partial charge on any atom is 0.191 e. The molecule has 30 heavy (non-hydrogen) atoms. The summed E-state index contributed by atoms with van der Waals surface area (Å²) in [5.74, 6) is 3.31. The van der Waals surface area contributed by atoms with Crippen LogP contribution >= 0.6 is 24.0 Å². The summed E-state index contributed by atoms with van der Waals surface area (Å²) in [4.78, 5) is 4.65. The third kappa shape index (κ3) is 5.53. The van der Waals surface area contributed by atoms with E-state index in [9.17, 15) is 0 Å². The first-order valence-electron chi connectivity index (χ1n) is 10.0. The molecule has 0 aliphatic carbocycles. The van der Waals surface area contributed by atoms with E-state index in [4.69, 9.17) is 9.47 Å². The Labute approximate surface area is 193 Å². The number of nitrogens with zero attached hydrogens (tertiary/aromatic N) is 4. The molecule has 1 aromatic carbocycles. The minimum Gasteiger partial charge on any atom is -0.486 e. The molecule has 4 rings (SSSR count). The number of para-hydroxylation sites is 2. The van der Waals surface area contributed by atoms with E-state index in [2.05, 4.69) is 32.7 Å². The lowest BCUT2D eigenvalue weighted by atomic mass is 10.2.